The number of halogens is 3. The summed E-state index contributed by atoms with van der Waals surface area (Å²) in [6.07, 6.45) is 9.46. The van der Waals surface area contributed by atoms with Gasteiger partial charge in [-0.3, -0.25) is 39.0 Å². The SMILES string of the molecule is CC.CN(Cc1cc(C#CCCCNC(=O)c2ccc(NC=O)cc2)ccc1C=O)C1CCC(=O)NC1=O.C[C@@]1(c2ccc(Cl)cc2NC=O)C(c2cccc(Cl)c2F)CNC12CCCCC2. The number of rotatable bonds is 14. The third-order valence-electron chi connectivity index (χ3n) is 13.0. The highest BCUT2D eigenvalue weighted by molar-refractivity contribution is 6.31. The molecule has 3 aliphatic rings. The van der Waals surface area contributed by atoms with Gasteiger partial charge in [-0.1, -0.05) is 99.3 Å². The molecule has 4 aromatic carbocycles. The minimum absolute atomic E-state index is 0.132. The van der Waals surface area contributed by atoms with Gasteiger partial charge in [0.25, 0.3) is 5.91 Å². The molecule has 0 aromatic heterocycles. The predicted octanol–water partition coefficient (Wildman–Crippen LogP) is 8.94. The van der Waals surface area contributed by atoms with Crippen molar-refractivity contribution < 1.29 is 33.2 Å². The molecule has 1 saturated carbocycles. The maximum absolute atomic E-state index is 15.1. The number of unbranched alkanes of at least 4 members (excludes halogenated alkanes) is 1. The Hall–Kier alpha value is -5.91. The lowest BCUT2D eigenvalue weighted by molar-refractivity contribution is -0.137. The average molecular weight is 954 g/mol. The van der Waals surface area contributed by atoms with Crippen molar-refractivity contribution >= 4 is 71.4 Å². The van der Waals surface area contributed by atoms with Crippen molar-refractivity contribution in [1.29, 1.82) is 0 Å². The monoisotopic (exact) mass is 952 g/mol. The van der Waals surface area contributed by atoms with Crippen LogP contribution in [0.3, 0.4) is 0 Å². The molecule has 67 heavy (non-hydrogen) atoms. The number of likely N-dealkylation sites (N-methyl/N-ethyl adjacent to an activating group) is 1. The number of benzene rings is 4. The van der Waals surface area contributed by atoms with Gasteiger partial charge in [-0.25, -0.2) is 4.39 Å². The van der Waals surface area contributed by atoms with E-state index in [9.17, 15) is 28.8 Å². The third-order valence-corrected chi connectivity index (χ3v) is 13.5. The summed E-state index contributed by atoms with van der Waals surface area (Å²) in [5.74, 6) is 4.89. The van der Waals surface area contributed by atoms with E-state index in [2.05, 4.69) is 45.3 Å². The minimum atomic E-state index is -0.450. The van der Waals surface area contributed by atoms with Gasteiger partial charge >= 0.3 is 0 Å². The molecule has 2 saturated heterocycles. The quantitative estimate of drug-likeness (QED) is 0.0362. The first-order valence-electron chi connectivity index (χ1n) is 22.7. The number of anilines is 2. The standard InChI is InChI=1S/C27H28N4O5.C23H25Cl2FN2O.C2H6/c1-31(24-12-13-25(34)30-27(24)36)16-22-15-19(6-7-21(22)17-32)5-3-2-4-14-28-26(35)20-8-10-23(11-9-20)29-18-33;1-22(17-9-8-15(24)12-20(17)27-14-29)18(16-6-5-7-19(25)21(16)26)13-28-23(22)10-3-2-4-11-23;1-2/h6-11,15,17-18,24H,2,4,12-14,16H2,1H3,(H,28,35)(H,29,33)(H,30,34,36);5-9,12,14,18,28H,2-4,10-11,13H2,1H3,(H,27,29);1-2H3/t;18?,22-;/m.1./s1. The van der Waals surface area contributed by atoms with Gasteiger partial charge < -0.3 is 21.3 Å². The fourth-order valence-corrected chi connectivity index (χ4v) is 9.88. The summed E-state index contributed by atoms with van der Waals surface area (Å²) in [5, 5.41) is 15.0. The van der Waals surface area contributed by atoms with Crippen molar-refractivity contribution in [2.75, 3.05) is 30.8 Å². The van der Waals surface area contributed by atoms with E-state index in [0.717, 1.165) is 48.7 Å². The Labute approximate surface area is 402 Å². The van der Waals surface area contributed by atoms with Crippen molar-refractivity contribution in [2.24, 2.45) is 0 Å². The molecule has 15 heteroatoms. The van der Waals surface area contributed by atoms with Crippen LogP contribution in [0, 0.1) is 17.7 Å². The summed E-state index contributed by atoms with van der Waals surface area (Å²) in [6.45, 7) is 7.68. The Morgan fingerprint density at radius 1 is 0.940 bits per heavy atom. The fourth-order valence-electron chi connectivity index (χ4n) is 9.53. The highest BCUT2D eigenvalue weighted by atomic mass is 35.5. The minimum Gasteiger partial charge on any atom is -0.352 e. The first-order valence-corrected chi connectivity index (χ1v) is 23.5. The molecule has 4 aromatic rings. The molecule has 2 heterocycles. The van der Waals surface area contributed by atoms with Crippen LogP contribution in [0.1, 0.15) is 127 Å². The van der Waals surface area contributed by atoms with E-state index in [4.69, 9.17) is 23.2 Å². The number of nitrogens with one attached hydrogen (secondary N) is 5. The van der Waals surface area contributed by atoms with Crippen molar-refractivity contribution in [2.45, 2.75) is 108 Å². The van der Waals surface area contributed by atoms with Crippen LogP contribution in [0.2, 0.25) is 10.0 Å². The van der Waals surface area contributed by atoms with Gasteiger partial charge in [-0.2, -0.15) is 0 Å². The number of aldehydes is 1. The maximum atomic E-state index is 15.1. The van der Waals surface area contributed by atoms with Gasteiger partial charge in [-0.15, -0.1) is 0 Å². The molecular weight excluding hydrogens is 895 g/mol. The van der Waals surface area contributed by atoms with E-state index in [0.29, 0.717) is 91.2 Å². The number of nitrogens with zero attached hydrogens (tertiary/aromatic N) is 1. The summed E-state index contributed by atoms with van der Waals surface area (Å²) < 4.78 is 15.1. The predicted molar refractivity (Wildman–Crippen MR) is 262 cm³/mol. The van der Waals surface area contributed by atoms with Crippen LogP contribution < -0.4 is 26.6 Å². The zero-order valence-corrected chi connectivity index (χ0v) is 39.9. The molecule has 3 atom stereocenters. The molecule has 2 aliphatic heterocycles. The van der Waals surface area contributed by atoms with Crippen molar-refractivity contribution in [3.05, 3.63) is 128 Å². The highest BCUT2D eigenvalue weighted by Gasteiger charge is 2.59. The lowest BCUT2D eigenvalue weighted by Gasteiger charge is -2.49. The molecule has 12 nitrogen and oxygen atoms in total. The van der Waals surface area contributed by atoms with Gasteiger partial charge in [0.05, 0.1) is 11.1 Å². The molecule has 7 rings (SSSR count). The normalized spacial score (nSPS) is 19.3. The maximum Gasteiger partial charge on any atom is 0.251 e. The molecule has 0 radical (unpaired) electrons. The highest BCUT2D eigenvalue weighted by Crippen LogP contribution is 2.58. The summed E-state index contributed by atoms with van der Waals surface area (Å²) in [6, 6.07) is 22.3. The number of imide groups is 1. The topological polar surface area (TPSA) is 166 Å². The zero-order chi connectivity index (χ0) is 48.6. The van der Waals surface area contributed by atoms with Crippen LogP contribution in [-0.2, 0) is 31.1 Å². The van der Waals surface area contributed by atoms with Crippen molar-refractivity contribution in [3.63, 3.8) is 0 Å². The van der Waals surface area contributed by atoms with E-state index in [-0.39, 0.29) is 40.0 Å². The van der Waals surface area contributed by atoms with Gasteiger partial charge in [0.15, 0.2) is 0 Å². The van der Waals surface area contributed by atoms with Crippen LogP contribution in [-0.4, -0.2) is 73.4 Å². The molecule has 3 fully saturated rings. The van der Waals surface area contributed by atoms with E-state index < -0.39 is 11.5 Å². The molecule has 354 valence electrons. The smallest absolute Gasteiger partial charge is 0.251 e. The third kappa shape index (κ3) is 12.6. The van der Waals surface area contributed by atoms with Crippen molar-refractivity contribution in [1.82, 2.24) is 20.9 Å². The molecule has 2 unspecified atom stereocenters. The summed E-state index contributed by atoms with van der Waals surface area (Å²) in [4.78, 5) is 70.8. The molecule has 5 amide bonds. The van der Waals surface area contributed by atoms with E-state index in [1.807, 2.05) is 43.0 Å². The number of hydrogen-bond donors (Lipinski definition) is 5. The van der Waals surface area contributed by atoms with Crippen LogP contribution in [0.4, 0.5) is 15.8 Å². The van der Waals surface area contributed by atoms with Gasteiger partial charge in [0.2, 0.25) is 24.6 Å². The largest absolute Gasteiger partial charge is 0.352 e. The number of hydrogen-bond acceptors (Lipinski definition) is 8. The Kier molecular flexibility index (Phi) is 19.2. The lowest BCUT2D eigenvalue weighted by Crippen LogP contribution is -2.55. The van der Waals surface area contributed by atoms with Gasteiger partial charge in [0.1, 0.15) is 12.1 Å². The zero-order valence-electron chi connectivity index (χ0n) is 38.4. The second kappa shape index (κ2) is 24.7. The molecule has 0 bridgehead atoms. The van der Waals surface area contributed by atoms with Crippen molar-refractivity contribution in [3.8, 4) is 11.8 Å². The van der Waals surface area contributed by atoms with E-state index in [1.54, 1.807) is 61.6 Å². The first-order chi connectivity index (χ1) is 32.3. The Morgan fingerprint density at radius 3 is 2.36 bits per heavy atom. The summed E-state index contributed by atoms with van der Waals surface area (Å²) in [7, 11) is 1.79. The van der Waals surface area contributed by atoms with Crippen LogP contribution in [0.25, 0.3) is 0 Å². The molecular formula is C52H59Cl2FN6O6. The van der Waals surface area contributed by atoms with E-state index >= 15 is 4.39 Å². The number of carbonyl (C=O) groups is 6. The van der Waals surface area contributed by atoms with Gasteiger partial charge in [0, 0.05) is 82.4 Å². The fraction of sp³-hybridized carbons (Fsp3) is 0.385. The molecule has 5 N–H and O–H groups in total. The molecule has 1 spiro atoms. The first kappa shape index (κ1) is 52.1. The number of amides is 5. The van der Waals surface area contributed by atoms with Crippen LogP contribution in [0.15, 0.2) is 78.9 Å². The lowest BCUT2D eigenvalue weighted by atomic mass is 9.56. The Morgan fingerprint density at radius 2 is 1.67 bits per heavy atom. The summed E-state index contributed by atoms with van der Waals surface area (Å²) >= 11 is 12.4. The van der Waals surface area contributed by atoms with Gasteiger partial charge in [-0.05, 0) is 104 Å². The summed E-state index contributed by atoms with van der Waals surface area (Å²) in [5.41, 5.74) is 4.78. The Bertz CT molecular complexity index is 2470. The molecule has 1 aliphatic carbocycles. The Balaban J connectivity index is 0.000000247. The average Bonchev–Trinajstić information content (AvgIpc) is 3.60. The van der Waals surface area contributed by atoms with Crippen LogP contribution >= 0.6 is 23.2 Å². The number of piperidine rings is 1. The van der Waals surface area contributed by atoms with Crippen LogP contribution in [0.5, 0.6) is 0 Å². The van der Waals surface area contributed by atoms with E-state index in [1.165, 1.54) is 6.42 Å². The number of carbonyl (C=O) groups excluding carboxylic acids is 6. The second-order valence-corrected chi connectivity index (χ2v) is 17.6. The second-order valence-electron chi connectivity index (χ2n) is 16.8.